The van der Waals surface area contributed by atoms with E-state index in [1.807, 2.05) is 0 Å². The molecule has 6 unspecified atom stereocenters. The second-order valence-corrected chi connectivity index (χ2v) is 20.2. The molecule has 1 fully saturated rings. The van der Waals surface area contributed by atoms with Crippen LogP contribution in [-0.4, -0.2) is 89.2 Å². The zero-order valence-corrected chi connectivity index (χ0v) is 48.2. The third-order valence-corrected chi connectivity index (χ3v) is 13.2. The highest BCUT2D eigenvalue weighted by Crippen LogP contribution is 2.26. The standard InChI is InChI=1S/C65H106O12/c1-4-7-10-13-16-19-22-25-27-28-29-30-32-34-36-39-42-45-48-51-57(66)73-54-56(75-58(67)52-49-46-43-40-38-35-31-26-23-20-17-14-11-8-5-2)55-74-65-63(61(70)60(69)62(77-65)64(71)72)76-59(68)53-50-47-44-41-37-33-24-21-18-15-12-9-6-3/h7-8,10-11,16-17,19-20,25-27,29-31,38,40,56,60-63,65,69-70H,4-6,9,12-15,18,21-24,28,32-37,39,41-55H2,1-3H3,(H,71,72)/b10-7-,11-8-,19-16-,20-17-,27-25-,30-29-,31-26-,40-38-. The van der Waals surface area contributed by atoms with Crippen molar-refractivity contribution in [1.82, 2.24) is 0 Å². The molecule has 0 aliphatic carbocycles. The number of ether oxygens (including phenoxy) is 5. The second kappa shape index (κ2) is 52.3. The Morgan fingerprint density at radius 3 is 1.27 bits per heavy atom. The number of carboxylic acids is 1. The van der Waals surface area contributed by atoms with Crippen LogP contribution in [0, 0.1) is 0 Å². The molecular formula is C65H106O12. The van der Waals surface area contributed by atoms with E-state index >= 15 is 0 Å². The van der Waals surface area contributed by atoms with Gasteiger partial charge >= 0.3 is 23.9 Å². The predicted molar refractivity (Wildman–Crippen MR) is 312 cm³/mol. The average molecular weight is 1080 g/mol. The van der Waals surface area contributed by atoms with E-state index < -0.39 is 67.3 Å². The van der Waals surface area contributed by atoms with Crippen LogP contribution < -0.4 is 0 Å². The van der Waals surface area contributed by atoms with E-state index in [4.69, 9.17) is 23.7 Å². The first-order valence-corrected chi connectivity index (χ1v) is 30.2. The highest BCUT2D eigenvalue weighted by atomic mass is 16.7. The number of aliphatic carboxylic acids is 1. The zero-order valence-electron chi connectivity index (χ0n) is 48.2. The monoisotopic (exact) mass is 1080 g/mol. The molecule has 77 heavy (non-hydrogen) atoms. The first-order valence-electron chi connectivity index (χ1n) is 30.2. The summed E-state index contributed by atoms with van der Waals surface area (Å²) < 4.78 is 28.4. The average Bonchev–Trinajstić information content (AvgIpc) is 3.42. The second-order valence-electron chi connectivity index (χ2n) is 20.2. The first kappa shape index (κ1) is 70.7. The highest BCUT2D eigenvalue weighted by Gasteiger charge is 2.50. The molecule has 1 saturated heterocycles. The molecule has 0 aromatic carbocycles. The Morgan fingerprint density at radius 2 is 0.818 bits per heavy atom. The normalized spacial score (nSPS) is 18.7. The van der Waals surface area contributed by atoms with Gasteiger partial charge in [-0.05, 0) is 96.3 Å². The largest absolute Gasteiger partial charge is 0.479 e. The van der Waals surface area contributed by atoms with Crippen molar-refractivity contribution in [2.75, 3.05) is 13.2 Å². The minimum Gasteiger partial charge on any atom is -0.479 e. The van der Waals surface area contributed by atoms with Crippen LogP contribution in [-0.2, 0) is 42.9 Å². The Bertz CT molecular complexity index is 1710. The van der Waals surface area contributed by atoms with Gasteiger partial charge in [-0.15, -0.1) is 0 Å². The van der Waals surface area contributed by atoms with Crippen molar-refractivity contribution in [3.63, 3.8) is 0 Å². The summed E-state index contributed by atoms with van der Waals surface area (Å²) in [5.74, 6) is -3.20. The molecule has 0 aromatic rings. The van der Waals surface area contributed by atoms with Gasteiger partial charge in [0, 0.05) is 19.3 Å². The minimum atomic E-state index is -1.91. The van der Waals surface area contributed by atoms with Gasteiger partial charge in [0.05, 0.1) is 6.61 Å². The molecule has 0 aromatic heterocycles. The number of carbonyl (C=O) groups is 4. The van der Waals surface area contributed by atoms with Gasteiger partial charge in [-0.3, -0.25) is 14.4 Å². The fourth-order valence-corrected chi connectivity index (χ4v) is 8.58. The summed E-state index contributed by atoms with van der Waals surface area (Å²) in [6.45, 7) is 5.72. The lowest BCUT2D eigenvalue weighted by Crippen LogP contribution is -2.61. The number of hydrogen-bond acceptors (Lipinski definition) is 11. The molecule has 0 saturated carbocycles. The van der Waals surface area contributed by atoms with Crippen molar-refractivity contribution >= 4 is 23.9 Å². The van der Waals surface area contributed by atoms with Crippen molar-refractivity contribution in [3.05, 3.63) is 97.2 Å². The SMILES string of the molecule is CC/C=C\C/C=C\C/C=C\C/C=C\CCCCCCCCC(=O)OCC(COC1OC(C(=O)O)C(O)C(O)C1OC(=O)CCCCCCCCCCCCCCC)OC(=O)CCCC/C=C\C/C=C\C/C=C\C/C=C\CC. The van der Waals surface area contributed by atoms with Crippen LogP contribution in [0.2, 0.25) is 0 Å². The molecule has 6 atom stereocenters. The third-order valence-electron chi connectivity index (χ3n) is 13.2. The van der Waals surface area contributed by atoms with Gasteiger partial charge in [0.15, 0.2) is 24.6 Å². The number of rotatable bonds is 50. The molecule has 0 spiro atoms. The molecule has 12 heteroatoms. The lowest BCUT2D eigenvalue weighted by atomic mass is 9.98. The van der Waals surface area contributed by atoms with Crippen LogP contribution in [0.15, 0.2) is 97.2 Å². The molecule has 12 nitrogen and oxygen atoms in total. The van der Waals surface area contributed by atoms with Crippen molar-refractivity contribution in [2.24, 2.45) is 0 Å². The van der Waals surface area contributed by atoms with Crippen LogP contribution in [0.3, 0.4) is 0 Å². The number of unbranched alkanes of at least 4 members (excludes halogenated alkanes) is 20. The highest BCUT2D eigenvalue weighted by molar-refractivity contribution is 5.74. The van der Waals surface area contributed by atoms with E-state index in [-0.39, 0.29) is 25.9 Å². The zero-order chi connectivity index (χ0) is 56.1. The summed E-state index contributed by atoms with van der Waals surface area (Å²) in [4.78, 5) is 51.2. The van der Waals surface area contributed by atoms with Crippen LogP contribution in [0.4, 0.5) is 0 Å². The van der Waals surface area contributed by atoms with Gasteiger partial charge in [-0.25, -0.2) is 4.79 Å². The van der Waals surface area contributed by atoms with E-state index in [1.165, 1.54) is 51.4 Å². The number of aliphatic hydroxyl groups is 2. The molecule has 1 aliphatic rings. The van der Waals surface area contributed by atoms with E-state index in [9.17, 15) is 34.5 Å². The lowest BCUT2D eigenvalue weighted by Gasteiger charge is -2.40. The van der Waals surface area contributed by atoms with Gasteiger partial charge in [0.1, 0.15) is 18.8 Å². The van der Waals surface area contributed by atoms with Crippen LogP contribution in [0.5, 0.6) is 0 Å². The maximum absolute atomic E-state index is 13.1. The van der Waals surface area contributed by atoms with Crippen LogP contribution in [0.25, 0.3) is 0 Å². The Morgan fingerprint density at radius 1 is 0.442 bits per heavy atom. The topological polar surface area (TPSA) is 175 Å². The number of carboxylic acid groups (broad SMARTS) is 1. The van der Waals surface area contributed by atoms with E-state index in [0.29, 0.717) is 19.3 Å². The molecule has 3 N–H and O–H groups in total. The smallest absolute Gasteiger partial charge is 0.335 e. The van der Waals surface area contributed by atoms with E-state index in [0.717, 1.165) is 128 Å². The van der Waals surface area contributed by atoms with Crippen LogP contribution in [0.1, 0.15) is 239 Å². The number of hydrogen-bond donors (Lipinski definition) is 3. The molecule has 1 aliphatic heterocycles. The predicted octanol–water partition coefficient (Wildman–Crippen LogP) is 15.7. The summed E-state index contributed by atoms with van der Waals surface area (Å²) >= 11 is 0. The summed E-state index contributed by atoms with van der Waals surface area (Å²) in [6, 6.07) is 0. The van der Waals surface area contributed by atoms with Crippen molar-refractivity contribution in [2.45, 2.75) is 276 Å². The molecule has 438 valence electrons. The fraction of sp³-hybridized carbons (Fsp3) is 0.692. The molecule has 1 heterocycles. The molecule has 1 rings (SSSR count). The molecule has 0 bridgehead atoms. The van der Waals surface area contributed by atoms with E-state index in [1.54, 1.807) is 0 Å². The van der Waals surface area contributed by atoms with Gasteiger partial charge in [0.25, 0.3) is 0 Å². The summed E-state index contributed by atoms with van der Waals surface area (Å²) in [5, 5.41) is 31.5. The summed E-state index contributed by atoms with van der Waals surface area (Å²) in [7, 11) is 0. The number of allylic oxidation sites excluding steroid dienone is 16. The molecule has 0 radical (unpaired) electrons. The van der Waals surface area contributed by atoms with E-state index in [2.05, 4.69) is 118 Å². The van der Waals surface area contributed by atoms with Gasteiger partial charge < -0.3 is 39.0 Å². The van der Waals surface area contributed by atoms with Gasteiger partial charge in [-0.1, -0.05) is 221 Å². The molecular weight excluding hydrogens is 973 g/mol. The molecule has 0 amide bonds. The van der Waals surface area contributed by atoms with Crippen molar-refractivity contribution < 1.29 is 58.2 Å². The van der Waals surface area contributed by atoms with Crippen LogP contribution >= 0.6 is 0 Å². The van der Waals surface area contributed by atoms with Crippen molar-refractivity contribution in [3.8, 4) is 0 Å². The maximum Gasteiger partial charge on any atom is 0.335 e. The Hall–Kier alpha value is -4.36. The maximum atomic E-state index is 13.1. The fourth-order valence-electron chi connectivity index (χ4n) is 8.58. The quantitative estimate of drug-likeness (QED) is 0.0228. The first-order chi connectivity index (χ1) is 37.6. The minimum absolute atomic E-state index is 0.0529. The Labute approximate surface area is 466 Å². The number of esters is 3. The number of carbonyl (C=O) groups excluding carboxylic acids is 3. The summed E-state index contributed by atoms with van der Waals surface area (Å²) in [6.07, 6.45) is 56.6. The lowest BCUT2D eigenvalue weighted by molar-refractivity contribution is -0.301. The van der Waals surface area contributed by atoms with Gasteiger partial charge in [-0.2, -0.15) is 0 Å². The van der Waals surface area contributed by atoms with Gasteiger partial charge in [0.2, 0.25) is 0 Å². The Balaban J connectivity index is 2.71. The van der Waals surface area contributed by atoms with Crippen molar-refractivity contribution in [1.29, 1.82) is 0 Å². The Kier molecular flexibility index (Phi) is 48.0. The summed E-state index contributed by atoms with van der Waals surface area (Å²) in [5.41, 5.74) is 0. The number of aliphatic hydroxyl groups excluding tert-OH is 2. The third kappa shape index (κ3) is 42.3.